The second-order valence-electron chi connectivity index (χ2n) is 3.43. The van der Waals surface area contributed by atoms with E-state index >= 15 is 0 Å². The molecule has 0 unspecified atom stereocenters. The third-order valence-corrected chi connectivity index (χ3v) is 2.87. The maximum atomic E-state index is 10.5. The van der Waals surface area contributed by atoms with Crippen molar-refractivity contribution in [2.24, 2.45) is 10.6 Å². The lowest BCUT2D eigenvalue weighted by Crippen LogP contribution is -2.18. The standard InChI is InChI=1S/C6H13NO2S/c1-6(2-3-6)4-5-10(7,8)9/h2-5H2,1H3,(H2,7,8,9). The highest BCUT2D eigenvalue weighted by molar-refractivity contribution is 7.89. The van der Waals surface area contributed by atoms with Gasteiger partial charge in [0.1, 0.15) is 0 Å². The van der Waals surface area contributed by atoms with E-state index in [1.165, 1.54) is 0 Å². The number of primary sulfonamides is 1. The van der Waals surface area contributed by atoms with E-state index in [-0.39, 0.29) is 5.75 Å². The topological polar surface area (TPSA) is 60.2 Å². The Kier molecular flexibility index (Phi) is 1.76. The molecule has 1 saturated carbocycles. The molecule has 0 aromatic rings. The molecule has 10 heavy (non-hydrogen) atoms. The van der Waals surface area contributed by atoms with Gasteiger partial charge >= 0.3 is 0 Å². The molecule has 60 valence electrons. The number of hydrogen-bond acceptors (Lipinski definition) is 2. The van der Waals surface area contributed by atoms with E-state index in [2.05, 4.69) is 6.92 Å². The van der Waals surface area contributed by atoms with E-state index in [9.17, 15) is 8.42 Å². The van der Waals surface area contributed by atoms with Gasteiger partial charge in [-0.15, -0.1) is 0 Å². The Morgan fingerprint density at radius 3 is 2.30 bits per heavy atom. The Balaban J connectivity index is 2.30. The Labute approximate surface area is 61.7 Å². The molecule has 0 saturated heterocycles. The van der Waals surface area contributed by atoms with Gasteiger partial charge in [0.2, 0.25) is 10.0 Å². The fraction of sp³-hybridized carbons (Fsp3) is 1.00. The molecular weight excluding hydrogens is 150 g/mol. The summed E-state index contributed by atoms with van der Waals surface area (Å²) in [5.41, 5.74) is 0.298. The lowest BCUT2D eigenvalue weighted by Gasteiger charge is -2.04. The van der Waals surface area contributed by atoms with Gasteiger partial charge in [0, 0.05) is 0 Å². The molecule has 3 nitrogen and oxygen atoms in total. The van der Waals surface area contributed by atoms with E-state index in [1.54, 1.807) is 0 Å². The second-order valence-corrected chi connectivity index (χ2v) is 5.16. The molecule has 4 heteroatoms. The summed E-state index contributed by atoms with van der Waals surface area (Å²) in [6.45, 7) is 2.10. The zero-order valence-corrected chi connectivity index (χ0v) is 6.95. The molecular formula is C6H13NO2S. The van der Waals surface area contributed by atoms with Gasteiger partial charge in [0.15, 0.2) is 0 Å². The minimum Gasteiger partial charge on any atom is -0.229 e. The third kappa shape index (κ3) is 2.66. The van der Waals surface area contributed by atoms with Crippen LogP contribution in [0.2, 0.25) is 0 Å². The lowest BCUT2D eigenvalue weighted by atomic mass is 10.1. The van der Waals surface area contributed by atoms with Crippen LogP contribution in [0.5, 0.6) is 0 Å². The van der Waals surface area contributed by atoms with Crippen LogP contribution in [0, 0.1) is 5.41 Å². The second kappa shape index (κ2) is 2.20. The maximum absolute atomic E-state index is 10.5. The summed E-state index contributed by atoms with van der Waals surface area (Å²) in [4.78, 5) is 0. The average Bonchev–Trinajstić information content (AvgIpc) is 2.43. The van der Waals surface area contributed by atoms with E-state index < -0.39 is 10.0 Å². The summed E-state index contributed by atoms with van der Waals surface area (Å²) in [6.07, 6.45) is 3.04. The van der Waals surface area contributed by atoms with Gasteiger partial charge in [-0.05, 0) is 24.7 Å². The maximum Gasteiger partial charge on any atom is 0.209 e. The molecule has 0 aliphatic heterocycles. The van der Waals surface area contributed by atoms with Gasteiger partial charge in [0.25, 0.3) is 0 Å². The average molecular weight is 163 g/mol. The van der Waals surface area contributed by atoms with Crippen LogP contribution in [0.25, 0.3) is 0 Å². The van der Waals surface area contributed by atoms with Crippen LogP contribution in [0.15, 0.2) is 0 Å². The molecule has 1 aliphatic rings. The normalized spacial score (nSPS) is 22.6. The first-order chi connectivity index (χ1) is 4.41. The molecule has 0 heterocycles. The quantitative estimate of drug-likeness (QED) is 0.657. The minimum atomic E-state index is -3.22. The molecule has 0 bridgehead atoms. The van der Waals surface area contributed by atoms with Crippen LogP contribution in [0.4, 0.5) is 0 Å². The van der Waals surface area contributed by atoms with Crippen molar-refractivity contribution in [3.63, 3.8) is 0 Å². The minimum absolute atomic E-state index is 0.142. The number of nitrogens with two attached hydrogens (primary N) is 1. The number of sulfonamides is 1. The van der Waals surface area contributed by atoms with Gasteiger partial charge < -0.3 is 0 Å². The molecule has 0 amide bonds. The Morgan fingerprint density at radius 2 is 2.00 bits per heavy atom. The Bertz CT molecular complexity index is 216. The van der Waals surface area contributed by atoms with Crippen molar-refractivity contribution in [1.82, 2.24) is 0 Å². The van der Waals surface area contributed by atoms with E-state index in [4.69, 9.17) is 5.14 Å². The van der Waals surface area contributed by atoms with Gasteiger partial charge in [0.05, 0.1) is 5.75 Å². The van der Waals surface area contributed by atoms with E-state index in [0.717, 1.165) is 19.3 Å². The highest BCUT2D eigenvalue weighted by Crippen LogP contribution is 2.48. The summed E-state index contributed by atoms with van der Waals surface area (Å²) in [5, 5.41) is 4.84. The SMILES string of the molecule is CC1(CCS(N)(=O)=O)CC1. The highest BCUT2D eigenvalue weighted by Gasteiger charge is 2.37. The van der Waals surface area contributed by atoms with Crippen molar-refractivity contribution in [3.05, 3.63) is 0 Å². The van der Waals surface area contributed by atoms with Crippen molar-refractivity contribution in [2.45, 2.75) is 26.2 Å². The monoisotopic (exact) mass is 163 g/mol. The summed E-state index contributed by atoms with van der Waals surface area (Å²) in [5.74, 6) is 0.142. The molecule has 1 aliphatic carbocycles. The highest BCUT2D eigenvalue weighted by atomic mass is 32.2. The number of rotatable bonds is 3. The predicted octanol–water partition coefficient (Wildman–Crippen LogP) is 0.465. The molecule has 1 fully saturated rings. The van der Waals surface area contributed by atoms with Crippen LogP contribution in [0.3, 0.4) is 0 Å². The first kappa shape index (κ1) is 8.01. The van der Waals surface area contributed by atoms with Crippen molar-refractivity contribution in [2.75, 3.05) is 5.75 Å². The smallest absolute Gasteiger partial charge is 0.209 e. The summed E-state index contributed by atoms with van der Waals surface area (Å²) >= 11 is 0. The fourth-order valence-electron chi connectivity index (χ4n) is 0.852. The van der Waals surface area contributed by atoms with Crippen LogP contribution in [0.1, 0.15) is 26.2 Å². The van der Waals surface area contributed by atoms with Crippen molar-refractivity contribution in [3.8, 4) is 0 Å². The third-order valence-electron chi connectivity index (χ3n) is 2.09. The lowest BCUT2D eigenvalue weighted by molar-refractivity contribution is 0.536. The molecule has 0 atom stereocenters. The zero-order valence-electron chi connectivity index (χ0n) is 6.13. The molecule has 0 radical (unpaired) electrons. The van der Waals surface area contributed by atoms with Crippen LogP contribution >= 0.6 is 0 Å². The van der Waals surface area contributed by atoms with Gasteiger partial charge in [-0.3, -0.25) is 0 Å². The van der Waals surface area contributed by atoms with Crippen molar-refractivity contribution in [1.29, 1.82) is 0 Å². The van der Waals surface area contributed by atoms with Crippen molar-refractivity contribution >= 4 is 10.0 Å². The summed E-state index contributed by atoms with van der Waals surface area (Å²) in [6, 6.07) is 0. The Hall–Kier alpha value is -0.0900. The van der Waals surface area contributed by atoms with Gasteiger partial charge in [-0.25, -0.2) is 13.6 Å². The largest absolute Gasteiger partial charge is 0.229 e. The fourth-order valence-corrected chi connectivity index (χ4v) is 1.63. The van der Waals surface area contributed by atoms with E-state index in [0.29, 0.717) is 5.41 Å². The van der Waals surface area contributed by atoms with Crippen molar-refractivity contribution < 1.29 is 8.42 Å². The molecule has 0 aromatic carbocycles. The first-order valence-corrected chi connectivity index (χ1v) is 5.13. The Morgan fingerprint density at radius 1 is 1.50 bits per heavy atom. The summed E-state index contributed by atoms with van der Waals surface area (Å²) < 4.78 is 21.0. The van der Waals surface area contributed by atoms with Gasteiger partial charge in [-0.2, -0.15) is 0 Å². The van der Waals surface area contributed by atoms with Crippen LogP contribution in [-0.4, -0.2) is 14.2 Å². The summed E-state index contributed by atoms with van der Waals surface area (Å²) in [7, 11) is -3.22. The molecule has 0 spiro atoms. The zero-order chi connectivity index (χ0) is 7.83. The van der Waals surface area contributed by atoms with Crippen LogP contribution < -0.4 is 5.14 Å². The number of hydrogen-bond donors (Lipinski definition) is 1. The molecule has 1 rings (SSSR count). The molecule has 2 N–H and O–H groups in total. The van der Waals surface area contributed by atoms with Gasteiger partial charge in [-0.1, -0.05) is 6.92 Å². The first-order valence-electron chi connectivity index (χ1n) is 3.42. The predicted molar refractivity (Wildman–Crippen MR) is 39.9 cm³/mol. The van der Waals surface area contributed by atoms with Crippen LogP contribution in [-0.2, 0) is 10.0 Å². The molecule has 0 aromatic heterocycles. The van der Waals surface area contributed by atoms with E-state index in [1.807, 2.05) is 0 Å².